The number of benzene rings is 4. The van der Waals surface area contributed by atoms with Gasteiger partial charge in [-0.1, -0.05) is 60.7 Å². The fourth-order valence-corrected chi connectivity index (χ4v) is 8.21. The quantitative estimate of drug-likeness (QED) is 0.112. The molecule has 9 rings (SSSR count). The minimum absolute atomic E-state index is 0.118. The molecule has 2 unspecified atom stereocenters. The van der Waals surface area contributed by atoms with Gasteiger partial charge in [0.25, 0.3) is 0 Å². The number of likely N-dealkylation sites (N-methyl/N-ethyl adjacent to an activating group) is 1. The number of aromatic carboxylic acids is 4. The number of H-pyrrole nitrogens is 1. The number of fused-ring (bicyclic) bond motifs is 6. The van der Waals surface area contributed by atoms with Crippen LogP contribution in [0.1, 0.15) is 63.7 Å². The fourth-order valence-electron chi connectivity index (χ4n) is 8.21. The Bertz CT molecular complexity index is 3070. The van der Waals surface area contributed by atoms with Crippen molar-refractivity contribution in [1.29, 1.82) is 0 Å². The van der Waals surface area contributed by atoms with Crippen LogP contribution in [-0.4, -0.2) is 84.7 Å². The zero-order valence-corrected chi connectivity index (χ0v) is 32.3. The third-order valence-electron chi connectivity index (χ3n) is 11.2. The lowest BCUT2D eigenvalue weighted by Gasteiger charge is -2.30. The van der Waals surface area contributed by atoms with Crippen LogP contribution in [0.5, 0.6) is 0 Å². The molecular formula is C49H34N4O8. The van der Waals surface area contributed by atoms with Gasteiger partial charge in [0.15, 0.2) is 0 Å². The zero-order chi connectivity index (χ0) is 42.5. The summed E-state index contributed by atoms with van der Waals surface area (Å²) in [4.78, 5) is 63.8. The smallest absolute Gasteiger partial charge is 0.335 e. The van der Waals surface area contributed by atoms with Crippen LogP contribution >= 0.6 is 0 Å². The highest BCUT2D eigenvalue weighted by atomic mass is 16.4. The molecule has 61 heavy (non-hydrogen) atoms. The lowest BCUT2D eigenvalue weighted by molar-refractivity contribution is 0.0686. The van der Waals surface area contributed by atoms with E-state index in [9.17, 15) is 39.6 Å². The first-order chi connectivity index (χ1) is 29.4. The molecule has 0 saturated carbocycles. The summed E-state index contributed by atoms with van der Waals surface area (Å²) in [6, 6.07) is 29.6. The third-order valence-corrected chi connectivity index (χ3v) is 11.2. The minimum atomic E-state index is -1.06. The van der Waals surface area contributed by atoms with Crippen LogP contribution in [0.2, 0.25) is 0 Å². The molecule has 0 amide bonds. The average Bonchev–Trinajstić information content (AvgIpc) is 4.10. The lowest BCUT2D eigenvalue weighted by Crippen LogP contribution is -2.37. The molecule has 0 saturated heterocycles. The van der Waals surface area contributed by atoms with Gasteiger partial charge in [-0.3, -0.25) is 4.90 Å². The van der Waals surface area contributed by atoms with E-state index in [0.29, 0.717) is 50.4 Å². The Kier molecular flexibility index (Phi) is 9.53. The van der Waals surface area contributed by atoms with Crippen LogP contribution in [0.3, 0.4) is 0 Å². The second-order valence-corrected chi connectivity index (χ2v) is 14.8. The molecule has 12 heteroatoms. The molecular weight excluding hydrogens is 773 g/mol. The van der Waals surface area contributed by atoms with Crippen LogP contribution in [0.15, 0.2) is 167 Å². The minimum Gasteiger partial charge on any atom is -0.478 e. The first kappa shape index (κ1) is 38.3. The molecule has 4 aromatic carbocycles. The van der Waals surface area contributed by atoms with Gasteiger partial charge < -0.3 is 25.4 Å². The van der Waals surface area contributed by atoms with Gasteiger partial charge in [-0.25, -0.2) is 29.2 Å². The average molecular weight is 807 g/mol. The molecule has 2 atom stereocenters. The number of carboxylic acid groups (broad SMARTS) is 4. The molecule has 5 N–H and O–H groups in total. The van der Waals surface area contributed by atoms with Crippen molar-refractivity contribution in [3.05, 3.63) is 212 Å². The highest BCUT2D eigenvalue weighted by molar-refractivity contribution is 6.35. The first-order valence-electron chi connectivity index (χ1n) is 19.2. The maximum Gasteiger partial charge on any atom is 0.335 e. The number of rotatable bonds is 8. The summed E-state index contributed by atoms with van der Waals surface area (Å²) in [5, 5.41) is 40.3. The van der Waals surface area contributed by atoms with Crippen molar-refractivity contribution in [2.45, 2.75) is 12.1 Å². The van der Waals surface area contributed by atoms with E-state index in [4.69, 9.17) is 9.98 Å². The summed E-state index contributed by atoms with van der Waals surface area (Å²) >= 11 is 0. The van der Waals surface area contributed by atoms with Gasteiger partial charge in [0.1, 0.15) is 0 Å². The predicted molar refractivity (Wildman–Crippen MR) is 230 cm³/mol. The molecule has 298 valence electrons. The topological polar surface area (TPSA) is 193 Å². The van der Waals surface area contributed by atoms with Crippen molar-refractivity contribution in [3.63, 3.8) is 0 Å². The van der Waals surface area contributed by atoms with E-state index >= 15 is 0 Å². The maximum absolute atomic E-state index is 11.9. The van der Waals surface area contributed by atoms with Crippen LogP contribution in [0.25, 0.3) is 22.3 Å². The monoisotopic (exact) mass is 806 g/mol. The maximum atomic E-state index is 11.9. The normalized spacial score (nSPS) is 22.3. The Hall–Kier alpha value is -8.22. The molecule has 0 radical (unpaired) electrons. The van der Waals surface area contributed by atoms with E-state index in [1.165, 1.54) is 24.3 Å². The lowest BCUT2D eigenvalue weighted by atomic mass is 9.94. The second kappa shape index (κ2) is 15.2. The molecule has 0 spiro atoms. The number of allylic oxidation sites excluding steroid dienone is 5. The Morgan fingerprint density at radius 1 is 0.459 bits per heavy atom. The first-order valence-corrected chi connectivity index (χ1v) is 19.2. The molecule has 1 aromatic heterocycles. The van der Waals surface area contributed by atoms with E-state index in [1.54, 1.807) is 72.8 Å². The molecule has 4 aliphatic rings. The fraction of sp³-hybridized carbons (Fsp3) is 0.0612. The van der Waals surface area contributed by atoms with Crippen LogP contribution in [0, 0.1) is 0 Å². The number of carboxylic acids is 4. The second-order valence-electron chi connectivity index (χ2n) is 14.8. The Morgan fingerprint density at radius 2 is 0.836 bits per heavy atom. The van der Waals surface area contributed by atoms with E-state index in [-0.39, 0.29) is 34.3 Å². The molecule has 0 aliphatic carbocycles. The summed E-state index contributed by atoms with van der Waals surface area (Å²) in [6.45, 7) is 0. The SMILES string of the molecule is CN1C2C=CC1/C(c1ccc(C(=O)O)cc1)=c1/cc/c([nH]1)=C(\c1ccc(C(=O)O)cc1)C1=N/C(=C(/c3ccc(C(=O)O)cc3)C3=N/C(=C\2c2ccc(C(=O)O)cc2)C=C3)C=C1. The summed E-state index contributed by atoms with van der Waals surface area (Å²) in [5.41, 5.74) is 8.72. The van der Waals surface area contributed by atoms with Crippen LogP contribution in [0.4, 0.5) is 0 Å². The number of aliphatic imine (C=N–C) groups is 2. The number of nitrogens with zero attached hydrogens (tertiary/aromatic N) is 3. The number of nitrogens with one attached hydrogen (secondary N) is 1. The van der Waals surface area contributed by atoms with E-state index in [2.05, 4.69) is 22.0 Å². The van der Waals surface area contributed by atoms with Gasteiger partial charge >= 0.3 is 23.9 Å². The van der Waals surface area contributed by atoms with Crippen molar-refractivity contribution in [3.8, 4) is 0 Å². The van der Waals surface area contributed by atoms with E-state index in [0.717, 1.165) is 27.6 Å². The third kappa shape index (κ3) is 6.96. The largest absolute Gasteiger partial charge is 0.478 e. The van der Waals surface area contributed by atoms with Crippen molar-refractivity contribution in [2.75, 3.05) is 7.05 Å². The van der Waals surface area contributed by atoms with Gasteiger partial charge in [0.2, 0.25) is 0 Å². The number of aromatic nitrogens is 1. The van der Waals surface area contributed by atoms with Gasteiger partial charge in [-0.05, 0) is 114 Å². The van der Waals surface area contributed by atoms with Gasteiger partial charge in [-0.15, -0.1) is 0 Å². The summed E-state index contributed by atoms with van der Waals surface area (Å²) in [5.74, 6) is -4.21. The van der Waals surface area contributed by atoms with Crippen molar-refractivity contribution in [2.24, 2.45) is 9.98 Å². The summed E-state index contributed by atoms with van der Waals surface area (Å²) < 4.78 is 0. The summed E-state index contributed by atoms with van der Waals surface area (Å²) in [6.07, 6.45) is 11.7. The van der Waals surface area contributed by atoms with Crippen LogP contribution in [-0.2, 0) is 0 Å². The molecule has 12 nitrogen and oxygen atoms in total. The zero-order valence-electron chi connectivity index (χ0n) is 32.3. The van der Waals surface area contributed by atoms with Crippen molar-refractivity contribution in [1.82, 2.24) is 9.88 Å². The number of hydrogen-bond acceptors (Lipinski definition) is 7. The van der Waals surface area contributed by atoms with E-state index in [1.807, 2.05) is 43.5 Å². The van der Waals surface area contributed by atoms with Gasteiger partial charge in [0, 0.05) is 33.0 Å². The number of aromatic amines is 1. The molecule has 5 aromatic rings. The van der Waals surface area contributed by atoms with Crippen LogP contribution < -0.4 is 10.7 Å². The number of carbonyl (C=O) groups is 4. The molecule has 8 bridgehead atoms. The Balaban J connectivity index is 1.36. The van der Waals surface area contributed by atoms with Crippen molar-refractivity contribution >= 4 is 57.6 Å². The predicted octanol–water partition coefficient (Wildman–Crippen LogP) is 6.30. The standard InChI is InChI=1S/C49H34N4O8/c1-53-40-24-25-41(53)45(29-8-16-33(17-9-29)49(60)61)39-23-21-37(52-39)43(27-4-12-31(13-5-27)47(56)57)35-19-18-34(50-35)42(26-2-10-30(11-3-26)46(54)55)36-20-22-38(51-36)44(40)28-6-14-32(15-7-28)48(58)59/h2-25,40-41,51H,1H3,(H,54,55)(H,56,57)(H,58,59)(H,60,61)/b42-36-,43-35-,44-38-,45-39-. The Morgan fingerprint density at radius 3 is 1.33 bits per heavy atom. The summed E-state index contributed by atoms with van der Waals surface area (Å²) in [7, 11) is 1.99. The van der Waals surface area contributed by atoms with Crippen molar-refractivity contribution < 1.29 is 39.6 Å². The highest BCUT2D eigenvalue weighted by Crippen LogP contribution is 2.39. The van der Waals surface area contributed by atoms with E-state index < -0.39 is 23.9 Å². The number of hydrogen-bond donors (Lipinski definition) is 5. The molecule has 4 aliphatic heterocycles. The Labute approximate surface area is 347 Å². The molecule has 5 heterocycles. The molecule has 0 fully saturated rings. The highest BCUT2D eigenvalue weighted by Gasteiger charge is 2.34. The van der Waals surface area contributed by atoms with Gasteiger partial charge in [-0.2, -0.15) is 0 Å². The van der Waals surface area contributed by atoms with Gasteiger partial charge in [0.05, 0.1) is 57.2 Å².